The number of carbonyl (C=O) groups is 1. The van der Waals surface area contributed by atoms with Gasteiger partial charge in [0.25, 0.3) is 0 Å². The molecule has 2 N–H and O–H groups in total. The van der Waals surface area contributed by atoms with Gasteiger partial charge in [-0.3, -0.25) is 9.98 Å². The minimum Gasteiger partial charge on any atom is -0.385 e. The summed E-state index contributed by atoms with van der Waals surface area (Å²) in [7, 11) is 1.63. The molecule has 0 aliphatic carbocycles. The molecular weight excluding hydrogens is 495 g/mol. The summed E-state index contributed by atoms with van der Waals surface area (Å²) < 4.78 is 72.7. The van der Waals surface area contributed by atoms with Crippen molar-refractivity contribution in [3.8, 4) is 11.1 Å². The topological polar surface area (TPSA) is 75.6 Å². The van der Waals surface area contributed by atoms with Crippen molar-refractivity contribution in [2.24, 2.45) is 4.99 Å². The molecule has 0 saturated carbocycles. The van der Waals surface area contributed by atoms with Gasteiger partial charge in [-0.25, -0.2) is 13.6 Å². The monoisotopic (exact) mass is 518 g/mol. The first-order valence-electron chi connectivity index (χ1n) is 11.3. The Morgan fingerprint density at radius 1 is 1.05 bits per heavy atom. The first kappa shape index (κ1) is 26.2. The maximum absolute atomic E-state index is 14.9. The molecule has 1 unspecified atom stereocenters. The second-order valence-corrected chi connectivity index (χ2v) is 8.54. The zero-order valence-corrected chi connectivity index (χ0v) is 19.9. The average Bonchev–Trinajstić information content (AvgIpc) is 2.84. The van der Waals surface area contributed by atoms with E-state index in [0.29, 0.717) is 42.4 Å². The lowest BCUT2D eigenvalue weighted by atomic mass is 9.89. The SMILES string of the molecule is COCCC1Cc2cncc(-c3ccc(NC(=O)Nc4cc(C(F)(F)F)ccc4F)c(F)c3)c2C(C)=N1. The van der Waals surface area contributed by atoms with Crippen molar-refractivity contribution in [1.82, 2.24) is 4.98 Å². The molecule has 0 saturated heterocycles. The van der Waals surface area contributed by atoms with Crippen molar-refractivity contribution in [3.05, 3.63) is 77.1 Å². The molecule has 1 aliphatic heterocycles. The van der Waals surface area contributed by atoms with Crippen LogP contribution >= 0.6 is 0 Å². The molecule has 2 heterocycles. The second-order valence-electron chi connectivity index (χ2n) is 8.54. The molecule has 1 aliphatic rings. The average molecular weight is 518 g/mol. The Labute approximate surface area is 209 Å². The molecule has 11 heteroatoms. The predicted molar refractivity (Wildman–Crippen MR) is 130 cm³/mol. The standard InChI is InChI=1S/C26H23F5N4O2/c1-14-24-16(9-18(33-14)7-8-37-2)12-32-13-19(24)15-3-6-22(21(28)10-15)34-25(36)35-23-11-17(26(29,30)31)4-5-20(23)27/h3-6,10-13,18H,7-9H2,1-2H3,(H2,34,35,36). The number of pyridine rings is 1. The number of alkyl halides is 3. The van der Waals surface area contributed by atoms with Crippen molar-refractivity contribution < 1.29 is 31.5 Å². The van der Waals surface area contributed by atoms with E-state index < -0.39 is 35.1 Å². The third-order valence-electron chi connectivity index (χ3n) is 5.94. The van der Waals surface area contributed by atoms with Gasteiger partial charge < -0.3 is 15.4 Å². The van der Waals surface area contributed by atoms with Crippen molar-refractivity contribution in [2.45, 2.75) is 32.0 Å². The van der Waals surface area contributed by atoms with Crippen LogP contribution in [0.4, 0.5) is 38.1 Å². The van der Waals surface area contributed by atoms with Crippen LogP contribution in [-0.4, -0.2) is 36.5 Å². The molecule has 4 rings (SSSR count). The number of aliphatic imine (C=N–C) groups is 1. The largest absolute Gasteiger partial charge is 0.416 e. The maximum atomic E-state index is 14.9. The minimum absolute atomic E-state index is 0.0630. The number of carbonyl (C=O) groups excluding carboxylic acids is 1. The molecule has 0 radical (unpaired) electrons. The van der Waals surface area contributed by atoms with Crippen LogP contribution in [0, 0.1) is 11.6 Å². The molecule has 0 fully saturated rings. The second kappa shape index (κ2) is 10.6. The van der Waals surface area contributed by atoms with E-state index in [1.165, 1.54) is 12.1 Å². The number of amides is 2. The summed E-state index contributed by atoms with van der Waals surface area (Å²) in [6.45, 7) is 2.46. The number of rotatable bonds is 6. The summed E-state index contributed by atoms with van der Waals surface area (Å²) in [5.41, 5.74) is 1.75. The summed E-state index contributed by atoms with van der Waals surface area (Å²) in [5, 5.41) is 4.18. The Morgan fingerprint density at radius 3 is 2.51 bits per heavy atom. The van der Waals surface area contributed by atoms with Crippen molar-refractivity contribution in [3.63, 3.8) is 0 Å². The number of halogens is 5. The van der Waals surface area contributed by atoms with E-state index in [1.54, 1.807) is 25.6 Å². The third-order valence-corrected chi connectivity index (χ3v) is 5.94. The number of nitrogens with zero attached hydrogens (tertiary/aromatic N) is 2. The number of anilines is 2. The van der Waals surface area contributed by atoms with E-state index in [1.807, 2.05) is 12.2 Å². The van der Waals surface area contributed by atoms with E-state index >= 15 is 0 Å². The molecule has 2 aromatic carbocycles. The first-order chi connectivity index (χ1) is 17.6. The van der Waals surface area contributed by atoms with Crippen LogP contribution in [0.3, 0.4) is 0 Å². The van der Waals surface area contributed by atoms with Gasteiger partial charge in [0.05, 0.1) is 23.0 Å². The highest BCUT2D eigenvalue weighted by Gasteiger charge is 2.31. The van der Waals surface area contributed by atoms with Crippen molar-refractivity contribution >= 4 is 23.1 Å². The molecule has 194 valence electrons. The number of ether oxygens (including phenoxy) is 1. The van der Waals surface area contributed by atoms with Crippen LogP contribution in [0.5, 0.6) is 0 Å². The van der Waals surface area contributed by atoms with Gasteiger partial charge >= 0.3 is 12.2 Å². The summed E-state index contributed by atoms with van der Waals surface area (Å²) in [4.78, 5) is 21.3. The summed E-state index contributed by atoms with van der Waals surface area (Å²) in [5.74, 6) is -1.86. The molecule has 37 heavy (non-hydrogen) atoms. The van der Waals surface area contributed by atoms with Crippen LogP contribution in [0.15, 0.2) is 53.8 Å². The highest BCUT2D eigenvalue weighted by atomic mass is 19.4. The molecular formula is C26H23F5N4O2. The number of nitrogens with one attached hydrogen (secondary N) is 2. The van der Waals surface area contributed by atoms with Crippen molar-refractivity contribution in [1.29, 1.82) is 0 Å². The number of hydrogen-bond acceptors (Lipinski definition) is 4. The fourth-order valence-corrected chi connectivity index (χ4v) is 4.22. The van der Waals surface area contributed by atoms with Crippen molar-refractivity contribution in [2.75, 3.05) is 24.4 Å². The molecule has 3 aromatic rings. The number of methoxy groups -OCH3 is 1. The molecule has 6 nitrogen and oxygen atoms in total. The smallest absolute Gasteiger partial charge is 0.385 e. The molecule has 1 aromatic heterocycles. The Hall–Kier alpha value is -3.86. The zero-order valence-electron chi connectivity index (χ0n) is 19.9. The van der Waals surface area contributed by atoms with Crippen LogP contribution < -0.4 is 10.6 Å². The lowest BCUT2D eigenvalue weighted by Crippen LogP contribution is -2.22. The van der Waals surface area contributed by atoms with Crippen LogP contribution in [0.2, 0.25) is 0 Å². The number of aromatic nitrogens is 1. The van der Waals surface area contributed by atoms with E-state index in [4.69, 9.17) is 9.73 Å². The van der Waals surface area contributed by atoms with E-state index in [-0.39, 0.29) is 11.7 Å². The number of urea groups is 1. The quantitative estimate of drug-likeness (QED) is 0.368. The first-order valence-corrected chi connectivity index (χ1v) is 11.3. The van der Waals surface area contributed by atoms with Gasteiger partial charge in [0, 0.05) is 42.9 Å². The van der Waals surface area contributed by atoms with E-state index in [0.717, 1.165) is 23.3 Å². The maximum Gasteiger partial charge on any atom is 0.416 e. The summed E-state index contributed by atoms with van der Waals surface area (Å²) in [6.07, 6.45) is 0.0881. The Kier molecular flexibility index (Phi) is 7.53. The lowest BCUT2D eigenvalue weighted by Gasteiger charge is -2.24. The normalized spacial score (nSPS) is 15.1. The Morgan fingerprint density at radius 2 is 1.81 bits per heavy atom. The number of fused-ring (bicyclic) bond motifs is 1. The van der Waals surface area contributed by atoms with E-state index in [2.05, 4.69) is 10.3 Å². The Balaban J connectivity index is 1.53. The van der Waals surface area contributed by atoms with Gasteiger partial charge in [0.2, 0.25) is 0 Å². The number of hydrogen-bond donors (Lipinski definition) is 2. The minimum atomic E-state index is -4.72. The predicted octanol–water partition coefficient (Wildman–Crippen LogP) is 6.46. The number of benzene rings is 2. The van der Waals surface area contributed by atoms with Gasteiger partial charge in [0.15, 0.2) is 0 Å². The van der Waals surface area contributed by atoms with Gasteiger partial charge in [-0.1, -0.05) is 6.07 Å². The van der Waals surface area contributed by atoms with E-state index in [9.17, 15) is 26.7 Å². The third kappa shape index (κ3) is 5.93. The van der Waals surface area contributed by atoms with Gasteiger partial charge in [-0.2, -0.15) is 13.2 Å². The molecule has 0 spiro atoms. The van der Waals surface area contributed by atoms with Crippen LogP contribution in [0.1, 0.15) is 30.0 Å². The molecule has 0 bridgehead atoms. The molecule has 2 amide bonds. The highest BCUT2D eigenvalue weighted by molar-refractivity contribution is 6.06. The molecule has 1 atom stereocenters. The lowest BCUT2D eigenvalue weighted by molar-refractivity contribution is -0.137. The Bertz CT molecular complexity index is 1360. The highest BCUT2D eigenvalue weighted by Crippen LogP contribution is 2.33. The van der Waals surface area contributed by atoms with Crippen LogP contribution in [-0.2, 0) is 17.3 Å². The zero-order chi connectivity index (χ0) is 26.7. The van der Waals surface area contributed by atoms with Gasteiger partial charge in [-0.15, -0.1) is 0 Å². The van der Waals surface area contributed by atoms with Gasteiger partial charge in [0.1, 0.15) is 11.6 Å². The summed E-state index contributed by atoms with van der Waals surface area (Å²) in [6, 6.07) is 4.66. The fraction of sp³-hybridized carbons (Fsp3) is 0.269. The van der Waals surface area contributed by atoms with Gasteiger partial charge in [-0.05, 0) is 61.2 Å². The van der Waals surface area contributed by atoms with Crippen LogP contribution in [0.25, 0.3) is 11.1 Å². The summed E-state index contributed by atoms with van der Waals surface area (Å²) >= 11 is 0. The fourth-order valence-electron chi connectivity index (χ4n) is 4.22.